The van der Waals surface area contributed by atoms with E-state index in [9.17, 15) is 0 Å². The monoisotopic (exact) mass is 270 g/mol. The van der Waals surface area contributed by atoms with Crippen LogP contribution in [0.1, 0.15) is 51.9 Å². The summed E-state index contributed by atoms with van der Waals surface area (Å²) in [6, 6.07) is 1.25. The SMILES string of the molecule is CC1CC2CCCC(C2)C1N(Cl)C1CCNCC1. The van der Waals surface area contributed by atoms with Gasteiger partial charge in [-0.1, -0.05) is 19.8 Å². The molecule has 3 fully saturated rings. The third-order valence-corrected chi connectivity index (χ3v) is 6.04. The molecule has 104 valence electrons. The van der Waals surface area contributed by atoms with Gasteiger partial charge >= 0.3 is 0 Å². The van der Waals surface area contributed by atoms with Gasteiger partial charge in [-0.3, -0.25) is 0 Å². The van der Waals surface area contributed by atoms with Gasteiger partial charge in [0.05, 0.1) is 0 Å². The topological polar surface area (TPSA) is 15.3 Å². The van der Waals surface area contributed by atoms with E-state index >= 15 is 0 Å². The van der Waals surface area contributed by atoms with Crippen molar-refractivity contribution < 1.29 is 0 Å². The van der Waals surface area contributed by atoms with Crippen LogP contribution in [0.3, 0.4) is 0 Å². The van der Waals surface area contributed by atoms with E-state index in [-0.39, 0.29) is 0 Å². The fraction of sp³-hybridized carbons (Fsp3) is 1.00. The molecule has 3 rings (SSSR count). The first-order chi connectivity index (χ1) is 8.75. The van der Waals surface area contributed by atoms with Crippen LogP contribution in [-0.4, -0.2) is 29.6 Å². The maximum Gasteiger partial charge on any atom is 0.0308 e. The van der Waals surface area contributed by atoms with Gasteiger partial charge in [0.25, 0.3) is 0 Å². The minimum Gasteiger partial charge on any atom is -0.317 e. The standard InChI is InChI=1S/C15H27ClN2/c1-11-9-12-3-2-4-13(10-12)15(11)18(16)14-5-7-17-8-6-14/h11-15,17H,2-10H2,1H3. The van der Waals surface area contributed by atoms with Crippen LogP contribution in [0.25, 0.3) is 0 Å². The van der Waals surface area contributed by atoms with Crippen LogP contribution in [0, 0.1) is 17.8 Å². The van der Waals surface area contributed by atoms with Crippen LogP contribution in [0.4, 0.5) is 0 Å². The van der Waals surface area contributed by atoms with E-state index in [1.165, 1.54) is 44.9 Å². The van der Waals surface area contributed by atoms with Crippen LogP contribution in [0.5, 0.6) is 0 Å². The summed E-state index contributed by atoms with van der Waals surface area (Å²) in [6.07, 6.45) is 9.64. The highest BCUT2D eigenvalue weighted by molar-refractivity contribution is 6.13. The first-order valence-electron chi connectivity index (χ1n) is 7.90. The molecule has 2 nitrogen and oxygen atoms in total. The van der Waals surface area contributed by atoms with Gasteiger partial charge in [-0.25, -0.2) is 4.42 Å². The van der Waals surface area contributed by atoms with Gasteiger partial charge in [0, 0.05) is 12.1 Å². The highest BCUT2D eigenvalue weighted by Gasteiger charge is 2.42. The number of fused-ring (bicyclic) bond motifs is 2. The molecule has 4 unspecified atom stereocenters. The molecule has 0 amide bonds. The van der Waals surface area contributed by atoms with Crippen molar-refractivity contribution in [3.63, 3.8) is 0 Å². The van der Waals surface area contributed by atoms with E-state index in [2.05, 4.69) is 16.7 Å². The molecule has 18 heavy (non-hydrogen) atoms. The second kappa shape index (κ2) is 5.68. The molecule has 3 aliphatic rings. The van der Waals surface area contributed by atoms with Crippen molar-refractivity contribution in [2.24, 2.45) is 17.8 Å². The Balaban J connectivity index is 1.68. The zero-order valence-corrected chi connectivity index (χ0v) is 12.3. The first kappa shape index (κ1) is 13.2. The lowest BCUT2D eigenvalue weighted by molar-refractivity contribution is 0.0337. The van der Waals surface area contributed by atoms with Crippen molar-refractivity contribution >= 4 is 11.8 Å². The molecule has 0 aromatic heterocycles. The molecule has 2 bridgehead atoms. The summed E-state index contributed by atoms with van der Waals surface area (Å²) in [5.41, 5.74) is 0. The minimum atomic E-state index is 0.610. The third-order valence-electron chi connectivity index (χ3n) is 5.54. The summed E-state index contributed by atoms with van der Waals surface area (Å²) in [5, 5.41) is 3.44. The molecule has 0 aromatic carbocycles. The van der Waals surface area contributed by atoms with E-state index in [1.54, 1.807) is 0 Å². The number of halogens is 1. The van der Waals surface area contributed by atoms with Crippen molar-refractivity contribution in [3.05, 3.63) is 0 Å². The average molecular weight is 271 g/mol. The van der Waals surface area contributed by atoms with E-state index in [4.69, 9.17) is 11.8 Å². The fourth-order valence-corrected chi connectivity index (χ4v) is 5.27. The Hall–Kier alpha value is 0.210. The largest absolute Gasteiger partial charge is 0.317 e. The molecule has 3 heteroatoms. The Morgan fingerprint density at radius 2 is 1.83 bits per heavy atom. The second-order valence-electron chi connectivity index (χ2n) is 6.82. The summed E-state index contributed by atoms with van der Waals surface area (Å²) in [6.45, 7) is 4.72. The Bertz CT molecular complexity index is 276. The van der Waals surface area contributed by atoms with E-state index in [0.29, 0.717) is 12.1 Å². The fourth-order valence-electron chi connectivity index (χ4n) is 4.73. The molecule has 1 saturated heterocycles. The number of nitrogens with one attached hydrogen (secondary N) is 1. The highest BCUT2D eigenvalue weighted by atomic mass is 35.5. The molecule has 0 radical (unpaired) electrons. The molecule has 0 spiro atoms. The first-order valence-corrected chi connectivity index (χ1v) is 8.24. The smallest absolute Gasteiger partial charge is 0.0308 e. The Morgan fingerprint density at radius 3 is 2.61 bits per heavy atom. The maximum atomic E-state index is 6.78. The van der Waals surface area contributed by atoms with Gasteiger partial charge in [0.1, 0.15) is 0 Å². The predicted octanol–water partition coefficient (Wildman–Crippen LogP) is 3.41. The maximum absolute atomic E-state index is 6.78. The second-order valence-corrected chi connectivity index (χ2v) is 7.21. The van der Waals surface area contributed by atoms with Gasteiger partial charge < -0.3 is 5.32 Å². The van der Waals surface area contributed by atoms with Crippen molar-refractivity contribution in [3.8, 4) is 0 Å². The Morgan fingerprint density at radius 1 is 1.06 bits per heavy atom. The lowest BCUT2D eigenvalue weighted by Crippen LogP contribution is -2.51. The molecule has 1 aliphatic heterocycles. The van der Waals surface area contributed by atoms with Crippen molar-refractivity contribution in [2.45, 2.75) is 64.0 Å². The molecule has 2 saturated carbocycles. The summed E-state index contributed by atoms with van der Waals surface area (Å²) in [5.74, 6) is 2.68. The number of rotatable bonds is 2. The molecule has 1 N–H and O–H groups in total. The van der Waals surface area contributed by atoms with E-state index in [1.807, 2.05) is 0 Å². The van der Waals surface area contributed by atoms with Gasteiger partial charge in [-0.05, 0) is 74.7 Å². The molecule has 0 aromatic rings. The van der Waals surface area contributed by atoms with Crippen LogP contribution < -0.4 is 5.32 Å². The van der Waals surface area contributed by atoms with Gasteiger partial charge in [0.15, 0.2) is 0 Å². The van der Waals surface area contributed by atoms with Crippen LogP contribution in [-0.2, 0) is 0 Å². The van der Waals surface area contributed by atoms with Crippen molar-refractivity contribution in [1.82, 2.24) is 9.74 Å². The summed E-state index contributed by atoms with van der Waals surface area (Å²) < 4.78 is 2.26. The zero-order chi connectivity index (χ0) is 12.5. The van der Waals surface area contributed by atoms with Gasteiger partial charge in [0.2, 0.25) is 0 Å². The zero-order valence-electron chi connectivity index (χ0n) is 11.6. The van der Waals surface area contributed by atoms with Crippen molar-refractivity contribution in [1.29, 1.82) is 0 Å². The number of hydrogen-bond donors (Lipinski definition) is 1. The predicted molar refractivity (Wildman–Crippen MR) is 76.6 cm³/mol. The average Bonchev–Trinajstić information content (AvgIpc) is 2.39. The number of piperidine rings is 1. The highest BCUT2D eigenvalue weighted by Crippen LogP contribution is 2.45. The molecule has 4 atom stereocenters. The molecular formula is C15H27ClN2. The molecule has 2 aliphatic carbocycles. The quantitative estimate of drug-likeness (QED) is 0.774. The van der Waals surface area contributed by atoms with Gasteiger partial charge in [-0.15, -0.1) is 0 Å². The van der Waals surface area contributed by atoms with E-state index in [0.717, 1.165) is 30.8 Å². The molecule has 1 heterocycles. The van der Waals surface area contributed by atoms with Crippen LogP contribution in [0.15, 0.2) is 0 Å². The number of hydrogen-bond acceptors (Lipinski definition) is 2. The number of nitrogens with zero attached hydrogens (tertiary/aromatic N) is 1. The Labute approximate surface area is 117 Å². The minimum absolute atomic E-state index is 0.610. The Kier molecular flexibility index (Phi) is 4.17. The van der Waals surface area contributed by atoms with Gasteiger partial charge in [-0.2, -0.15) is 0 Å². The summed E-state index contributed by atoms with van der Waals surface area (Å²) >= 11 is 6.78. The molecular weight excluding hydrogens is 244 g/mol. The summed E-state index contributed by atoms with van der Waals surface area (Å²) in [4.78, 5) is 0. The van der Waals surface area contributed by atoms with Crippen molar-refractivity contribution in [2.75, 3.05) is 13.1 Å². The van der Waals surface area contributed by atoms with E-state index < -0.39 is 0 Å². The third kappa shape index (κ3) is 2.57. The lowest BCUT2D eigenvalue weighted by Gasteiger charge is -2.49. The normalized spacial score (nSPS) is 42.2. The van der Waals surface area contributed by atoms with Crippen LogP contribution in [0.2, 0.25) is 0 Å². The lowest BCUT2D eigenvalue weighted by atomic mass is 9.65. The summed E-state index contributed by atoms with van der Waals surface area (Å²) in [7, 11) is 0. The van der Waals surface area contributed by atoms with Crippen LogP contribution >= 0.6 is 11.8 Å².